The minimum Gasteiger partial charge on any atom is -0.497 e. The summed E-state index contributed by atoms with van der Waals surface area (Å²) in [6.07, 6.45) is -1.14. The fourth-order valence-corrected chi connectivity index (χ4v) is 5.43. The van der Waals surface area contributed by atoms with Crippen LogP contribution in [0.5, 0.6) is 5.75 Å². The Hall–Kier alpha value is -2.67. The van der Waals surface area contributed by atoms with Crippen LogP contribution in [0, 0.1) is 17.2 Å². The van der Waals surface area contributed by atoms with Crippen molar-refractivity contribution >= 4 is 23.4 Å². The fourth-order valence-electron chi connectivity index (χ4n) is 4.07. The number of aliphatic hydroxyl groups is 1. The van der Waals surface area contributed by atoms with Gasteiger partial charge in [0.15, 0.2) is 0 Å². The van der Waals surface area contributed by atoms with E-state index in [1.165, 1.54) is 5.56 Å². The first-order valence-corrected chi connectivity index (χ1v) is 13.9. The van der Waals surface area contributed by atoms with E-state index in [0.29, 0.717) is 13.1 Å². The number of methoxy groups -OCH3 is 1. The van der Waals surface area contributed by atoms with E-state index in [4.69, 9.17) is 23.4 Å². The molecule has 0 aliphatic carbocycles. The molecule has 1 aliphatic rings. The number of carbonyl (C=O) groups is 1. The fraction of sp³-hybridized carbons (Fsp3) is 0.296. The summed E-state index contributed by atoms with van der Waals surface area (Å²) in [4.78, 5) is 18.4. The molecule has 0 radical (unpaired) electrons. The first-order valence-electron chi connectivity index (χ1n) is 11.7. The summed E-state index contributed by atoms with van der Waals surface area (Å²) in [5.41, 5.74) is 4.11. The number of hydrogen-bond acceptors (Lipinski definition) is 9. The van der Waals surface area contributed by atoms with Gasteiger partial charge in [-0.2, -0.15) is 14.0 Å². The van der Waals surface area contributed by atoms with Crippen molar-refractivity contribution in [2.75, 3.05) is 32.1 Å². The van der Waals surface area contributed by atoms with Crippen molar-refractivity contribution in [3.05, 3.63) is 89.5 Å². The van der Waals surface area contributed by atoms with Crippen LogP contribution in [0.25, 0.3) is 0 Å². The van der Waals surface area contributed by atoms with E-state index in [1.54, 1.807) is 23.8 Å². The third-order valence-electron chi connectivity index (χ3n) is 5.91. The van der Waals surface area contributed by atoms with Crippen molar-refractivity contribution in [1.29, 1.82) is 0 Å². The zero-order valence-electron chi connectivity index (χ0n) is 21.3. The van der Waals surface area contributed by atoms with E-state index in [1.807, 2.05) is 61.5 Å². The highest BCUT2D eigenvalue weighted by Gasteiger charge is 2.37. The second-order valence-electron chi connectivity index (χ2n) is 8.84. The number of ether oxygens (including phenoxy) is 1. The molecular formula is C27H31ClN2O7S. The lowest BCUT2D eigenvalue weighted by atomic mass is 10.1. The van der Waals surface area contributed by atoms with Gasteiger partial charge >= 0.3 is 0 Å². The molecule has 1 aliphatic heterocycles. The lowest BCUT2D eigenvalue weighted by Gasteiger charge is -2.27. The van der Waals surface area contributed by atoms with Crippen LogP contribution in [0.4, 0.5) is 5.69 Å². The van der Waals surface area contributed by atoms with Crippen LogP contribution in [0.1, 0.15) is 21.9 Å². The summed E-state index contributed by atoms with van der Waals surface area (Å²) >= 11 is 1.54. The van der Waals surface area contributed by atoms with E-state index in [0.717, 1.165) is 34.0 Å². The summed E-state index contributed by atoms with van der Waals surface area (Å²) in [6.45, 7) is 4.05. The predicted octanol–water partition coefficient (Wildman–Crippen LogP) is 0.553. The van der Waals surface area contributed by atoms with Crippen LogP contribution in [0.2, 0.25) is 0 Å². The molecule has 3 aromatic rings. The summed E-state index contributed by atoms with van der Waals surface area (Å²) in [6, 6.07) is 24.0. The first-order chi connectivity index (χ1) is 18.0. The minimum atomic E-state index is -4.69. The molecular weight excluding hydrogens is 532 g/mol. The highest BCUT2D eigenvalue weighted by atomic mass is 35.7. The standard InChI is InChI=1S/C27H30N2O3S.ClHO4/c1-19-9-14-23-24(17-19)33-26(21-10-12-22(32-3)13-11-21)25(30)27(31)29(23)16-15-28(2)18-20-7-5-4-6-8-20;2-1(3,4)5/h4-14,17,25-26,30H,15-16,18H2,1-3H3;(H,2,3,4,5). The number of nitrogens with zero attached hydrogens (tertiary/aromatic N) is 2. The average Bonchev–Trinajstić information content (AvgIpc) is 2.96. The number of benzene rings is 3. The molecule has 1 heterocycles. The van der Waals surface area contributed by atoms with Crippen LogP contribution in [0.15, 0.2) is 77.7 Å². The Morgan fingerprint density at radius 1 is 1.05 bits per heavy atom. The molecule has 9 nitrogen and oxygen atoms in total. The predicted molar refractivity (Wildman–Crippen MR) is 136 cm³/mol. The van der Waals surface area contributed by atoms with Crippen molar-refractivity contribution in [2.45, 2.75) is 29.7 Å². The summed E-state index contributed by atoms with van der Waals surface area (Å²) in [5, 5.41) is 10.8. The van der Waals surface area contributed by atoms with Crippen molar-refractivity contribution in [2.24, 2.45) is 0 Å². The molecule has 0 spiro atoms. The molecule has 3 aromatic carbocycles. The Balaban J connectivity index is 0.000000732. The quantitative estimate of drug-likeness (QED) is 0.422. The highest BCUT2D eigenvalue weighted by Crippen LogP contribution is 2.46. The third-order valence-corrected chi connectivity index (χ3v) is 7.28. The molecule has 2 N–H and O–H groups in total. The molecule has 0 saturated heterocycles. The molecule has 0 saturated carbocycles. The molecule has 2 unspecified atom stereocenters. The van der Waals surface area contributed by atoms with Crippen molar-refractivity contribution in [3.8, 4) is 5.75 Å². The maximum absolute atomic E-state index is 13.5. The van der Waals surface area contributed by atoms with E-state index in [-0.39, 0.29) is 5.91 Å². The van der Waals surface area contributed by atoms with Gasteiger partial charge in [0.25, 0.3) is 5.91 Å². The van der Waals surface area contributed by atoms with Gasteiger partial charge in [-0.15, -0.1) is 11.8 Å². The number of carbonyl (C=O) groups excluding carboxylic acids is 1. The van der Waals surface area contributed by atoms with Gasteiger partial charge in [0, 0.05) is 24.5 Å². The Morgan fingerprint density at radius 3 is 2.29 bits per heavy atom. The van der Waals surface area contributed by atoms with Gasteiger partial charge in [-0.1, -0.05) is 48.5 Å². The number of rotatable bonds is 7. The lowest BCUT2D eigenvalue weighted by molar-refractivity contribution is -1.92. The van der Waals surface area contributed by atoms with Crippen LogP contribution >= 0.6 is 11.8 Å². The van der Waals surface area contributed by atoms with Crippen molar-refractivity contribution < 1.29 is 43.5 Å². The number of thioether (sulfide) groups is 1. The van der Waals surface area contributed by atoms with Gasteiger partial charge in [-0.25, -0.2) is 0 Å². The first kappa shape index (κ1) is 29.9. The Bertz CT molecular complexity index is 1190. The van der Waals surface area contributed by atoms with Crippen LogP contribution in [-0.4, -0.2) is 53.9 Å². The topological polar surface area (TPSA) is 142 Å². The molecule has 0 fully saturated rings. The number of aryl methyl sites for hydroxylation is 1. The van der Waals surface area contributed by atoms with Crippen LogP contribution in [-0.2, 0) is 11.3 Å². The van der Waals surface area contributed by atoms with Crippen molar-refractivity contribution in [1.82, 2.24) is 4.90 Å². The summed E-state index contributed by atoms with van der Waals surface area (Å²) < 4.78 is 38.0. The normalized spacial score (nSPS) is 17.4. The number of anilines is 1. The second kappa shape index (κ2) is 13.4. The maximum atomic E-state index is 13.5. The van der Waals surface area contributed by atoms with Gasteiger partial charge in [0.05, 0.1) is 32.9 Å². The van der Waals surface area contributed by atoms with Crippen LogP contribution in [0.3, 0.4) is 0 Å². The zero-order valence-corrected chi connectivity index (χ0v) is 22.9. The van der Waals surface area contributed by atoms with Gasteiger partial charge in [-0.3, -0.25) is 4.79 Å². The highest BCUT2D eigenvalue weighted by molar-refractivity contribution is 7.99. The maximum Gasteiger partial charge on any atom is 0.257 e. The molecule has 0 bridgehead atoms. The molecule has 38 heavy (non-hydrogen) atoms. The third kappa shape index (κ3) is 8.69. The average molecular weight is 563 g/mol. The molecule has 2 atom stereocenters. The summed E-state index contributed by atoms with van der Waals surface area (Å²) in [5.74, 6) is 0.483. The van der Waals surface area contributed by atoms with E-state index in [9.17, 15) is 9.90 Å². The lowest BCUT2D eigenvalue weighted by Crippen LogP contribution is -2.58. The number of likely N-dealkylation sites (N-methyl/N-ethyl adjacent to an activating group) is 1. The molecule has 1 amide bonds. The zero-order chi connectivity index (χ0) is 27.9. The van der Waals surface area contributed by atoms with E-state index < -0.39 is 21.6 Å². The Labute approximate surface area is 228 Å². The van der Waals surface area contributed by atoms with Gasteiger partial charge in [0.1, 0.15) is 11.9 Å². The number of hydrogen-bond donors (Lipinski definition) is 2. The number of amides is 1. The monoisotopic (exact) mass is 562 g/mol. The number of fused-ring (bicyclic) bond motifs is 1. The van der Waals surface area contributed by atoms with Crippen molar-refractivity contribution in [3.63, 3.8) is 0 Å². The smallest absolute Gasteiger partial charge is 0.257 e. The van der Waals surface area contributed by atoms with E-state index in [2.05, 4.69) is 30.1 Å². The second-order valence-corrected chi connectivity index (χ2v) is 10.8. The molecule has 204 valence electrons. The molecule has 11 heteroatoms. The number of aliphatic hydroxyl groups excluding tert-OH is 1. The number of halogens is 1. The SMILES string of the molecule is COc1ccc(C2Sc3cc(C)ccc3N(CCN(C)Cc3ccccc3)C(=O)C2O)cc1.[O-][Cl+3]([O-])([O-])O. The summed E-state index contributed by atoms with van der Waals surface area (Å²) in [7, 11) is -1.02. The molecule has 0 aromatic heterocycles. The minimum absolute atomic E-state index is 0.265. The Morgan fingerprint density at radius 2 is 1.68 bits per heavy atom. The van der Waals surface area contributed by atoms with E-state index >= 15 is 0 Å². The van der Waals surface area contributed by atoms with Gasteiger partial charge < -0.3 is 19.6 Å². The molecule has 4 rings (SSSR count). The van der Waals surface area contributed by atoms with Gasteiger partial charge in [0.2, 0.25) is 0 Å². The van der Waals surface area contributed by atoms with Gasteiger partial charge in [-0.05, 0) is 54.9 Å². The largest absolute Gasteiger partial charge is 0.497 e. The Kier molecular flexibility index (Phi) is 10.5. The van der Waals surface area contributed by atoms with Crippen LogP contribution < -0.4 is 23.6 Å².